The average Bonchev–Trinajstić information content (AvgIpc) is 3.23. The number of benzene rings is 1. The molecule has 2 amide bonds. The fourth-order valence-electron chi connectivity index (χ4n) is 3.67. The molecule has 1 heterocycles. The van der Waals surface area contributed by atoms with Gasteiger partial charge in [0.25, 0.3) is 5.91 Å². The molecule has 0 saturated heterocycles. The van der Waals surface area contributed by atoms with Crippen LogP contribution >= 0.6 is 0 Å². The van der Waals surface area contributed by atoms with Gasteiger partial charge in [-0.2, -0.15) is 0 Å². The van der Waals surface area contributed by atoms with Crippen LogP contribution in [0.25, 0.3) is 0 Å². The number of methoxy groups -OCH3 is 1. The van der Waals surface area contributed by atoms with Gasteiger partial charge < -0.3 is 15.4 Å². The van der Waals surface area contributed by atoms with Gasteiger partial charge >= 0.3 is 0 Å². The zero-order valence-corrected chi connectivity index (χ0v) is 15.5. The summed E-state index contributed by atoms with van der Waals surface area (Å²) in [5.41, 5.74) is 0.991. The number of nitrogens with zero attached hydrogens (tertiary/aromatic N) is 1. The highest BCUT2D eigenvalue weighted by molar-refractivity contribution is 5.93. The lowest BCUT2D eigenvalue weighted by Gasteiger charge is -2.28. The van der Waals surface area contributed by atoms with E-state index in [1.165, 1.54) is 6.20 Å². The SMILES string of the molecule is COc1cccc(C2(C(=O)NCCNC(=O)c3cccnc3)CCCC2)c1. The van der Waals surface area contributed by atoms with Gasteiger partial charge in [0.1, 0.15) is 5.75 Å². The Balaban J connectivity index is 1.59. The first-order valence-electron chi connectivity index (χ1n) is 9.27. The summed E-state index contributed by atoms with van der Waals surface area (Å²) in [6, 6.07) is 11.2. The molecule has 6 nitrogen and oxygen atoms in total. The first-order valence-corrected chi connectivity index (χ1v) is 9.27. The van der Waals surface area contributed by atoms with Crippen molar-refractivity contribution in [3.63, 3.8) is 0 Å². The van der Waals surface area contributed by atoms with Crippen LogP contribution in [0.3, 0.4) is 0 Å². The second-order valence-corrected chi connectivity index (χ2v) is 6.77. The molecule has 1 fully saturated rings. The minimum absolute atomic E-state index is 0.0175. The molecule has 3 rings (SSSR count). The molecule has 1 aliphatic carbocycles. The Labute approximate surface area is 159 Å². The van der Waals surface area contributed by atoms with Gasteiger partial charge in [0.05, 0.1) is 18.1 Å². The van der Waals surface area contributed by atoms with E-state index in [9.17, 15) is 9.59 Å². The third-order valence-corrected chi connectivity index (χ3v) is 5.13. The Morgan fingerprint density at radius 1 is 1.11 bits per heavy atom. The standard InChI is InChI=1S/C21H25N3O3/c1-27-18-8-4-7-17(14-18)21(9-2-3-10-21)20(26)24-13-12-23-19(25)16-6-5-11-22-15-16/h4-8,11,14-15H,2-3,9-10,12-13H2,1H3,(H,23,25)(H,24,26). The average molecular weight is 367 g/mol. The summed E-state index contributed by atoms with van der Waals surface area (Å²) in [6.07, 6.45) is 6.85. The summed E-state index contributed by atoms with van der Waals surface area (Å²) in [7, 11) is 1.63. The fourth-order valence-corrected chi connectivity index (χ4v) is 3.67. The highest BCUT2D eigenvalue weighted by atomic mass is 16.5. The van der Waals surface area contributed by atoms with Gasteiger partial charge in [-0.25, -0.2) is 0 Å². The molecule has 6 heteroatoms. The predicted octanol–water partition coefficient (Wildman–Crippen LogP) is 2.45. The number of aromatic nitrogens is 1. The number of pyridine rings is 1. The van der Waals surface area contributed by atoms with Gasteiger partial charge in [0.2, 0.25) is 5.91 Å². The highest BCUT2D eigenvalue weighted by Gasteiger charge is 2.42. The number of ether oxygens (including phenoxy) is 1. The summed E-state index contributed by atoms with van der Waals surface area (Å²) in [5, 5.41) is 5.80. The molecule has 0 aliphatic heterocycles. The maximum Gasteiger partial charge on any atom is 0.252 e. The topological polar surface area (TPSA) is 80.3 Å². The molecule has 0 unspecified atom stereocenters. The zero-order valence-electron chi connectivity index (χ0n) is 15.5. The van der Waals surface area contributed by atoms with Crippen molar-refractivity contribution < 1.29 is 14.3 Å². The second kappa shape index (κ2) is 8.66. The van der Waals surface area contributed by atoms with Crippen LogP contribution in [0.15, 0.2) is 48.8 Å². The van der Waals surface area contributed by atoms with Crippen molar-refractivity contribution in [2.24, 2.45) is 0 Å². The van der Waals surface area contributed by atoms with Crippen molar-refractivity contribution in [2.75, 3.05) is 20.2 Å². The van der Waals surface area contributed by atoms with E-state index in [-0.39, 0.29) is 11.8 Å². The van der Waals surface area contributed by atoms with Gasteiger partial charge in [-0.1, -0.05) is 25.0 Å². The molecule has 27 heavy (non-hydrogen) atoms. The van der Waals surface area contributed by atoms with E-state index in [4.69, 9.17) is 4.74 Å². The molecule has 0 radical (unpaired) electrons. The monoisotopic (exact) mass is 367 g/mol. The molecule has 2 N–H and O–H groups in total. The number of amides is 2. The summed E-state index contributed by atoms with van der Waals surface area (Å²) in [4.78, 5) is 29.0. The van der Waals surface area contributed by atoms with E-state index < -0.39 is 5.41 Å². The molecule has 1 aromatic carbocycles. The van der Waals surface area contributed by atoms with Crippen LogP contribution in [0.1, 0.15) is 41.6 Å². The third-order valence-electron chi connectivity index (χ3n) is 5.13. The van der Waals surface area contributed by atoms with Crippen LogP contribution in [-0.2, 0) is 10.2 Å². The summed E-state index contributed by atoms with van der Waals surface area (Å²) < 4.78 is 5.32. The van der Waals surface area contributed by atoms with E-state index >= 15 is 0 Å². The van der Waals surface area contributed by atoms with Crippen molar-refractivity contribution in [3.05, 3.63) is 59.9 Å². The van der Waals surface area contributed by atoms with Crippen LogP contribution in [-0.4, -0.2) is 37.0 Å². The normalized spacial score (nSPS) is 15.1. The van der Waals surface area contributed by atoms with E-state index in [1.807, 2.05) is 24.3 Å². The van der Waals surface area contributed by atoms with Crippen LogP contribution < -0.4 is 15.4 Å². The van der Waals surface area contributed by atoms with E-state index in [0.717, 1.165) is 37.0 Å². The Morgan fingerprint density at radius 2 is 1.89 bits per heavy atom. The van der Waals surface area contributed by atoms with Gasteiger partial charge in [0, 0.05) is 25.5 Å². The summed E-state index contributed by atoms with van der Waals surface area (Å²) in [5.74, 6) is 0.583. The highest BCUT2D eigenvalue weighted by Crippen LogP contribution is 2.42. The first-order chi connectivity index (χ1) is 13.2. The number of hydrogen-bond acceptors (Lipinski definition) is 4. The van der Waals surface area contributed by atoms with Crippen molar-refractivity contribution in [3.8, 4) is 5.75 Å². The summed E-state index contributed by atoms with van der Waals surface area (Å²) in [6.45, 7) is 0.754. The van der Waals surface area contributed by atoms with Gasteiger partial charge in [-0.05, 0) is 42.7 Å². The molecular formula is C21H25N3O3. The summed E-state index contributed by atoms with van der Waals surface area (Å²) >= 11 is 0. The van der Waals surface area contributed by atoms with Crippen molar-refractivity contribution in [2.45, 2.75) is 31.1 Å². The lowest BCUT2D eigenvalue weighted by atomic mass is 9.78. The van der Waals surface area contributed by atoms with Gasteiger partial charge in [-0.3, -0.25) is 14.6 Å². The molecule has 1 aromatic heterocycles. The molecular weight excluding hydrogens is 342 g/mol. The quantitative estimate of drug-likeness (QED) is 0.737. The molecule has 0 bridgehead atoms. The lowest BCUT2D eigenvalue weighted by Crippen LogP contribution is -2.45. The number of rotatable bonds is 7. The van der Waals surface area contributed by atoms with E-state index in [1.54, 1.807) is 25.4 Å². The molecule has 2 aromatic rings. The molecule has 1 aliphatic rings. The van der Waals surface area contributed by atoms with Crippen LogP contribution in [0.4, 0.5) is 0 Å². The van der Waals surface area contributed by atoms with E-state index in [0.29, 0.717) is 18.7 Å². The van der Waals surface area contributed by atoms with Gasteiger partial charge in [-0.15, -0.1) is 0 Å². The maximum absolute atomic E-state index is 13.0. The van der Waals surface area contributed by atoms with Crippen LogP contribution in [0, 0.1) is 0 Å². The Bertz CT molecular complexity index is 786. The number of hydrogen-bond donors (Lipinski definition) is 2. The molecule has 0 spiro atoms. The van der Waals surface area contributed by atoms with Gasteiger partial charge in [0.15, 0.2) is 0 Å². The Morgan fingerprint density at radius 3 is 2.59 bits per heavy atom. The smallest absolute Gasteiger partial charge is 0.252 e. The van der Waals surface area contributed by atoms with Crippen molar-refractivity contribution in [1.29, 1.82) is 0 Å². The molecule has 0 atom stereocenters. The predicted molar refractivity (Wildman–Crippen MR) is 103 cm³/mol. The fraction of sp³-hybridized carbons (Fsp3) is 0.381. The Hall–Kier alpha value is -2.89. The number of carbonyl (C=O) groups is 2. The third kappa shape index (κ3) is 4.27. The lowest BCUT2D eigenvalue weighted by molar-refractivity contribution is -0.126. The largest absolute Gasteiger partial charge is 0.497 e. The number of carbonyl (C=O) groups excluding carboxylic acids is 2. The van der Waals surface area contributed by atoms with Crippen molar-refractivity contribution >= 4 is 11.8 Å². The number of nitrogens with one attached hydrogen (secondary N) is 2. The minimum Gasteiger partial charge on any atom is -0.497 e. The first kappa shape index (κ1) is 18.9. The molecule has 1 saturated carbocycles. The zero-order chi connectivity index (χ0) is 19.1. The maximum atomic E-state index is 13.0. The second-order valence-electron chi connectivity index (χ2n) is 6.77. The van der Waals surface area contributed by atoms with E-state index in [2.05, 4.69) is 15.6 Å². The minimum atomic E-state index is -0.512. The van der Waals surface area contributed by atoms with Crippen LogP contribution in [0.5, 0.6) is 5.75 Å². The van der Waals surface area contributed by atoms with Crippen LogP contribution in [0.2, 0.25) is 0 Å². The Kier molecular flexibility index (Phi) is 6.06. The molecule has 142 valence electrons. The van der Waals surface area contributed by atoms with Crippen molar-refractivity contribution in [1.82, 2.24) is 15.6 Å².